The first kappa shape index (κ1) is 14.8. The fourth-order valence-corrected chi connectivity index (χ4v) is 3.10. The Morgan fingerprint density at radius 2 is 2.21 bits per heavy atom. The minimum atomic E-state index is 0.0546. The number of aromatic nitrogens is 1. The molecule has 0 aliphatic heterocycles. The van der Waals surface area contributed by atoms with E-state index in [0.29, 0.717) is 18.6 Å². The molecular weight excluding hydrogens is 260 g/mol. The summed E-state index contributed by atoms with van der Waals surface area (Å²) in [6.07, 6.45) is 3.72. The van der Waals surface area contributed by atoms with Gasteiger partial charge in [-0.15, -0.1) is 0 Å². The molecule has 5 heteroatoms. The Bertz CT molecular complexity index is 402. The van der Waals surface area contributed by atoms with Gasteiger partial charge in [0.25, 0.3) is 0 Å². The highest BCUT2D eigenvalue weighted by Crippen LogP contribution is 2.36. The van der Waals surface area contributed by atoms with Crippen LogP contribution in [0.3, 0.4) is 0 Å². The summed E-state index contributed by atoms with van der Waals surface area (Å²) in [5, 5.41) is 10.5. The third-order valence-corrected chi connectivity index (χ3v) is 4.49. The predicted molar refractivity (Wildman–Crippen MR) is 78.6 cm³/mol. The zero-order valence-electron chi connectivity index (χ0n) is 12.1. The number of aliphatic hydroxyl groups is 1. The Balaban J connectivity index is 2.11. The predicted octanol–water partition coefficient (Wildman–Crippen LogP) is 2.80. The van der Waals surface area contributed by atoms with Crippen LogP contribution in [0.5, 0.6) is 0 Å². The van der Waals surface area contributed by atoms with Crippen LogP contribution in [0.25, 0.3) is 0 Å². The molecule has 2 rings (SSSR count). The number of anilines is 1. The van der Waals surface area contributed by atoms with Crippen molar-refractivity contribution in [2.24, 2.45) is 5.92 Å². The first-order valence-electron chi connectivity index (χ1n) is 7.00. The van der Waals surface area contributed by atoms with E-state index in [0.717, 1.165) is 22.2 Å². The van der Waals surface area contributed by atoms with Gasteiger partial charge in [0.15, 0.2) is 5.13 Å². The van der Waals surface area contributed by atoms with E-state index in [1.807, 2.05) is 0 Å². The van der Waals surface area contributed by atoms with Crippen LogP contribution < -0.4 is 4.90 Å². The lowest BCUT2D eigenvalue weighted by atomic mass is 10.1. The number of ether oxygens (including phenoxy) is 1. The molecule has 1 aliphatic carbocycles. The van der Waals surface area contributed by atoms with Crippen LogP contribution in [0.4, 0.5) is 5.13 Å². The van der Waals surface area contributed by atoms with Gasteiger partial charge in [-0.1, -0.05) is 25.2 Å². The van der Waals surface area contributed by atoms with Crippen LogP contribution >= 0.6 is 11.3 Å². The third kappa shape index (κ3) is 3.91. The maximum atomic E-state index is 9.41. The molecule has 0 unspecified atom stereocenters. The van der Waals surface area contributed by atoms with Gasteiger partial charge in [-0.2, -0.15) is 0 Å². The highest BCUT2D eigenvalue weighted by Gasteiger charge is 2.31. The van der Waals surface area contributed by atoms with Crippen molar-refractivity contribution in [3.63, 3.8) is 0 Å². The number of nitrogens with zero attached hydrogens (tertiary/aromatic N) is 2. The minimum Gasteiger partial charge on any atom is -0.391 e. The molecule has 108 valence electrons. The van der Waals surface area contributed by atoms with Crippen molar-refractivity contribution >= 4 is 16.5 Å². The third-order valence-electron chi connectivity index (χ3n) is 3.37. The van der Waals surface area contributed by atoms with Crippen LogP contribution in [0.15, 0.2) is 0 Å². The zero-order chi connectivity index (χ0) is 13.8. The minimum absolute atomic E-state index is 0.0546. The van der Waals surface area contributed by atoms with Crippen molar-refractivity contribution in [2.45, 2.75) is 52.4 Å². The number of aliphatic hydroxyl groups excluding tert-OH is 1. The Labute approximate surface area is 119 Å². The summed E-state index contributed by atoms with van der Waals surface area (Å²) >= 11 is 1.61. The molecule has 0 amide bonds. The molecule has 1 heterocycles. The summed E-state index contributed by atoms with van der Waals surface area (Å²) in [6, 6.07) is 0.659. The quantitative estimate of drug-likeness (QED) is 0.797. The summed E-state index contributed by atoms with van der Waals surface area (Å²) in [6.45, 7) is 6.10. The molecule has 0 atom stereocenters. The van der Waals surface area contributed by atoms with Gasteiger partial charge in [0.05, 0.1) is 23.8 Å². The molecule has 0 bridgehead atoms. The smallest absolute Gasteiger partial charge is 0.186 e. The van der Waals surface area contributed by atoms with Crippen LogP contribution in [0.1, 0.15) is 43.7 Å². The van der Waals surface area contributed by atoms with Gasteiger partial charge in [-0.05, 0) is 25.2 Å². The lowest BCUT2D eigenvalue weighted by Gasteiger charge is -2.22. The first-order chi connectivity index (χ1) is 9.15. The van der Waals surface area contributed by atoms with E-state index in [2.05, 4.69) is 23.7 Å². The van der Waals surface area contributed by atoms with Crippen molar-refractivity contribution in [2.75, 3.05) is 18.6 Å². The van der Waals surface area contributed by atoms with Gasteiger partial charge < -0.3 is 14.7 Å². The highest BCUT2D eigenvalue weighted by atomic mass is 32.1. The van der Waals surface area contributed by atoms with E-state index in [-0.39, 0.29) is 6.61 Å². The summed E-state index contributed by atoms with van der Waals surface area (Å²) in [5.41, 5.74) is 0.889. The van der Waals surface area contributed by atoms with E-state index >= 15 is 0 Å². The van der Waals surface area contributed by atoms with Gasteiger partial charge in [0.2, 0.25) is 0 Å². The Morgan fingerprint density at radius 3 is 2.74 bits per heavy atom. The van der Waals surface area contributed by atoms with Crippen molar-refractivity contribution in [1.82, 2.24) is 4.98 Å². The van der Waals surface area contributed by atoms with E-state index in [9.17, 15) is 5.11 Å². The topological polar surface area (TPSA) is 45.6 Å². The number of methoxy groups -OCH3 is 1. The Kier molecular flexibility index (Phi) is 5.19. The molecular formula is C14H24N2O2S. The molecule has 1 saturated carbocycles. The molecule has 4 nitrogen and oxygen atoms in total. The number of hydrogen-bond acceptors (Lipinski definition) is 5. The highest BCUT2D eigenvalue weighted by molar-refractivity contribution is 7.15. The second kappa shape index (κ2) is 6.68. The summed E-state index contributed by atoms with van der Waals surface area (Å²) in [5.74, 6) is 0.706. The second-order valence-electron chi connectivity index (χ2n) is 5.56. The monoisotopic (exact) mass is 284 g/mol. The number of rotatable bonds is 8. The largest absolute Gasteiger partial charge is 0.391 e. The SMILES string of the molecule is COCc1nc(N(CCC(C)C)C2CC2)sc1CO. The van der Waals surface area contributed by atoms with E-state index in [1.54, 1.807) is 18.4 Å². The number of hydrogen-bond donors (Lipinski definition) is 1. The van der Waals surface area contributed by atoms with E-state index < -0.39 is 0 Å². The molecule has 1 fully saturated rings. The molecule has 1 aromatic heterocycles. The summed E-state index contributed by atoms with van der Waals surface area (Å²) in [7, 11) is 1.66. The van der Waals surface area contributed by atoms with Gasteiger partial charge in [-0.3, -0.25) is 0 Å². The Morgan fingerprint density at radius 1 is 1.47 bits per heavy atom. The second-order valence-corrected chi connectivity index (χ2v) is 6.63. The van der Waals surface area contributed by atoms with E-state index in [1.165, 1.54) is 19.3 Å². The normalized spacial score (nSPS) is 15.2. The molecule has 1 aromatic rings. The fourth-order valence-electron chi connectivity index (χ4n) is 2.08. The van der Waals surface area contributed by atoms with Crippen LogP contribution in [-0.2, 0) is 18.0 Å². The molecule has 19 heavy (non-hydrogen) atoms. The maximum absolute atomic E-state index is 9.41. The van der Waals surface area contributed by atoms with E-state index in [4.69, 9.17) is 4.74 Å². The fraction of sp³-hybridized carbons (Fsp3) is 0.786. The molecule has 0 aromatic carbocycles. The Hall–Kier alpha value is -0.650. The van der Waals surface area contributed by atoms with Crippen molar-refractivity contribution in [3.05, 3.63) is 10.6 Å². The van der Waals surface area contributed by atoms with Crippen molar-refractivity contribution < 1.29 is 9.84 Å². The van der Waals surface area contributed by atoms with Gasteiger partial charge in [-0.25, -0.2) is 4.98 Å². The van der Waals surface area contributed by atoms with Gasteiger partial charge in [0, 0.05) is 19.7 Å². The first-order valence-corrected chi connectivity index (χ1v) is 7.82. The zero-order valence-corrected chi connectivity index (χ0v) is 12.9. The van der Waals surface area contributed by atoms with Crippen LogP contribution in [0.2, 0.25) is 0 Å². The molecule has 0 spiro atoms. The summed E-state index contributed by atoms with van der Waals surface area (Å²) < 4.78 is 5.15. The van der Waals surface area contributed by atoms with Gasteiger partial charge in [0.1, 0.15) is 0 Å². The summed E-state index contributed by atoms with van der Waals surface area (Å²) in [4.78, 5) is 8.03. The number of thiazole rings is 1. The lowest BCUT2D eigenvalue weighted by molar-refractivity contribution is 0.179. The van der Waals surface area contributed by atoms with Crippen molar-refractivity contribution in [3.8, 4) is 0 Å². The standard InChI is InChI=1S/C14H24N2O2S/c1-10(2)6-7-16(11-4-5-11)14-15-12(9-18-3)13(8-17)19-14/h10-11,17H,4-9H2,1-3H3. The average molecular weight is 284 g/mol. The molecule has 1 aliphatic rings. The van der Waals surface area contributed by atoms with Gasteiger partial charge >= 0.3 is 0 Å². The average Bonchev–Trinajstić information content (AvgIpc) is 3.12. The maximum Gasteiger partial charge on any atom is 0.186 e. The van der Waals surface area contributed by atoms with Crippen molar-refractivity contribution in [1.29, 1.82) is 0 Å². The van der Waals surface area contributed by atoms with Crippen LogP contribution in [-0.4, -0.2) is 29.8 Å². The lowest BCUT2D eigenvalue weighted by Crippen LogP contribution is -2.27. The molecule has 1 N–H and O–H groups in total. The van der Waals surface area contributed by atoms with Crippen LogP contribution in [0, 0.1) is 5.92 Å². The molecule has 0 radical (unpaired) electrons. The molecule has 0 saturated heterocycles.